The van der Waals surface area contributed by atoms with Crippen molar-refractivity contribution >= 4 is 12.6 Å². The number of thiol groups is 1. The van der Waals surface area contributed by atoms with Crippen molar-refractivity contribution in [2.45, 2.75) is 0 Å². The first-order chi connectivity index (χ1) is 5.20. The zero-order valence-corrected chi connectivity index (χ0v) is 7.27. The molecule has 0 saturated carbocycles. The van der Waals surface area contributed by atoms with E-state index in [2.05, 4.69) is 19.2 Å². The molecule has 1 nitrogen and oxygen atoms in total. The van der Waals surface area contributed by atoms with E-state index in [4.69, 9.17) is 4.74 Å². The highest BCUT2D eigenvalue weighted by Crippen LogP contribution is 2.04. The van der Waals surface area contributed by atoms with Crippen LogP contribution in [0.15, 0.2) is 35.5 Å². The number of hydrogen-bond donors (Lipinski definition) is 1. The number of hydrogen-bond acceptors (Lipinski definition) is 2. The molecule has 0 aliphatic heterocycles. The molecule has 0 unspecified atom stereocenters. The Hall–Kier alpha value is -0.540. The Morgan fingerprint density at radius 3 is 2.82 bits per heavy atom. The highest BCUT2D eigenvalue weighted by molar-refractivity contribution is 7.83. The number of ether oxygens (including phenoxy) is 1. The number of allylic oxidation sites excluding steroid dienone is 2. The fourth-order valence-electron chi connectivity index (χ4n) is 0.541. The van der Waals surface area contributed by atoms with Gasteiger partial charge in [-0.3, -0.25) is 0 Å². The van der Waals surface area contributed by atoms with Gasteiger partial charge in [-0.2, -0.15) is 12.6 Å². The molecule has 0 bridgehead atoms. The minimum absolute atomic E-state index is 0.341. The maximum Gasteiger partial charge on any atom is 0.124 e. The van der Waals surface area contributed by atoms with E-state index >= 15 is 0 Å². The standard InChI is InChI=1S/C8H11FOS/c1-7(6-10-2)5-8(9)3-4-11/h3-5,11H,1,6H2,2H3/b4-3-,8-5+. The smallest absolute Gasteiger partial charge is 0.124 e. The van der Waals surface area contributed by atoms with Crippen molar-refractivity contribution in [3.63, 3.8) is 0 Å². The second kappa shape index (κ2) is 6.19. The Labute approximate surface area is 71.7 Å². The van der Waals surface area contributed by atoms with Crippen molar-refractivity contribution in [2.75, 3.05) is 13.7 Å². The largest absolute Gasteiger partial charge is 0.380 e. The summed E-state index contributed by atoms with van der Waals surface area (Å²) in [6.07, 6.45) is 2.54. The van der Waals surface area contributed by atoms with Crippen LogP contribution in [-0.2, 0) is 4.74 Å². The molecule has 0 rings (SSSR count). The normalized spacial score (nSPS) is 12.5. The zero-order valence-electron chi connectivity index (χ0n) is 6.38. The molecule has 0 aromatic heterocycles. The van der Waals surface area contributed by atoms with Crippen molar-refractivity contribution in [2.24, 2.45) is 0 Å². The van der Waals surface area contributed by atoms with Crippen LogP contribution in [-0.4, -0.2) is 13.7 Å². The van der Waals surface area contributed by atoms with Gasteiger partial charge in [-0.1, -0.05) is 6.58 Å². The zero-order chi connectivity index (χ0) is 8.69. The van der Waals surface area contributed by atoms with Crippen LogP contribution in [0.1, 0.15) is 0 Å². The summed E-state index contributed by atoms with van der Waals surface area (Å²) in [6, 6.07) is 0. The summed E-state index contributed by atoms with van der Waals surface area (Å²) in [7, 11) is 1.53. The Morgan fingerprint density at radius 2 is 2.36 bits per heavy atom. The van der Waals surface area contributed by atoms with E-state index in [1.54, 1.807) is 0 Å². The molecule has 0 heterocycles. The van der Waals surface area contributed by atoms with Gasteiger partial charge >= 0.3 is 0 Å². The Bertz CT molecular complexity index is 185. The minimum atomic E-state index is -0.373. The van der Waals surface area contributed by atoms with Gasteiger partial charge in [-0.25, -0.2) is 4.39 Å². The molecule has 62 valence electrons. The van der Waals surface area contributed by atoms with Crippen LogP contribution < -0.4 is 0 Å². The van der Waals surface area contributed by atoms with Gasteiger partial charge in [-0.15, -0.1) is 0 Å². The van der Waals surface area contributed by atoms with E-state index in [0.717, 1.165) is 0 Å². The summed E-state index contributed by atoms with van der Waals surface area (Å²) in [5, 5.41) is 1.33. The fraction of sp³-hybridized carbons (Fsp3) is 0.250. The highest BCUT2D eigenvalue weighted by atomic mass is 32.1. The van der Waals surface area contributed by atoms with Crippen LogP contribution in [0.2, 0.25) is 0 Å². The second-order valence-electron chi connectivity index (χ2n) is 1.94. The third-order valence-electron chi connectivity index (χ3n) is 0.905. The maximum absolute atomic E-state index is 12.6. The van der Waals surface area contributed by atoms with Gasteiger partial charge in [0, 0.05) is 7.11 Å². The van der Waals surface area contributed by atoms with Gasteiger partial charge in [0.15, 0.2) is 0 Å². The lowest BCUT2D eigenvalue weighted by molar-refractivity contribution is 0.228. The van der Waals surface area contributed by atoms with E-state index in [-0.39, 0.29) is 5.83 Å². The third-order valence-corrected chi connectivity index (χ3v) is 1.05. The first-order valence-corrected chi connectivity index (χ1v) is 3.57. The Kier molecular flexibility index (Phi) is 5.88. The van der Waals surface area contributed by atoms with Crippen molar-refractivity contribution < 1.29 is 9.13 Å². The van der Waals surface area contributed by atoms with E-state index in [0.29, 0.717) is 12.2 Å². The van der Waals surface area contributed by atoms with Gasteiger partial charge in [-0.05, 0) is 23.1 Å². The van der Waals surface area contributed by atoms with Crippen LogP contribution in [0.25, 0.3) is 0 Å². The lowest BCUT2D eigenvalue weighted by atomic mass is 10.3. The first-order valence-electron chi connectivity index (χ1n) is 3.05. The molecular formula is C8H11FOS. The van der Waals surface area contributed by atoms with Crippen LogP contribution in [0.4, 0.5) is 4.39 Å². The molecular weight excluding hydrogens is 163 g/mol. The van der Waals surface area contributed by atoms with Crippen LogP contribution in [0, 0.1) is 0 Å². The van der Waals surface area contributed by atoms with Crippen LogP contribution in [0.3, 0.4) is 0 Å². The molecule has 0 N–H and O–H groups in total. The molecule has 0 radical (unpaired) electrons. The lowest BCUT2D eigenvalue weighted by Crippen LogP contribution is -1.89. The lowest BCUT2D eigenvalue weighted by Gasteiger charge is -1.95. The van der Waals surface area contributed by atoms with Gasteiger partial charge in [0.2, 0.25) is 0 Å². The molecule has 0 spiro atoms. The van der Waals surface area contributed by atoms with Crippen molar-refractivity contribution in [3.05, 3.63) is 35.5 Å². The third kappa shape index (κ3) is 5.88. The van der Waals surface area contributed by atoms with Crippen molar-refractivity contribution in [3.8, 4) is 0 Å². The minimum Gasteiger partial charge on any atom is -0.380 e. The quantitative estimate of drug-likeness (QED) is 0.509. The highest BCUT2D eigenvalue weighted by Gasteiger charge is 1.90. The maximum atomic E-state index is 12.6. The van der Waals surface area contributed by atoms with Crippen molar-refractivity contribution in [1.82, 2.24) is 0 Å². The van der Waals surface area contributed by atoms with E-state index in [1.807, 2.05) is 0 Å². The van der Waals surface area contributed by atoms with E-state index in [9.17, 15) is 4.39 Å². The second-order valence-corrected chi connectivity index (χ2v) is 2.23. The van der Waals surface area contributed by atoms with Crippen LogP contribution in [0.5, 0.6) is 0 Å². The molecule has 0 aliphatic carbocycles. The predicted molar refractivity (Wildman–Crippen MR) is 48.3 cm³/mol. The first kappa shape index (κ1) is 10.5. The summed E-state index contributed by atoms with van der Waals surface area (Å²) in [4.78, 5) is 0. The molecule has 0 fully saturated rings. The summed E-state index contributed by atoms with van der Waals surface area (Å²) in [5.74, 6) is -0.373. The van der Waals surface area contributed by atoms with Gasteiger partial charge < -0.3 is 4.74 Å². The molecule has 0 amide bonds. The molecule has 3 heteroatoms. The summed E-state index contributed by atoms with van der Waals surface area (Å²) >= 11 is 3.71. The number of methoxy groups -OCH3 is 1. The van der Waals surface area contributed by atoms with E-state index in [1.165, 1.54) is 24.7 Å². The van der Waals surface area contributed by atoms with Crippen molar-refractivity contribution in [1.29, 1.82) is 0 Å². The molecule has 0 aromatic rings. The predicted octanol–water partition coefficient (Wildman–Crippen LogP) is 2.49. The summed E-state index contributed by atoms with van der Waals surface area (Å²) in [6.45, 7) is 3.91. The Morgan fingerprint density at radius 1 is 1.73 bits per heavy atom. The van der Waals surface area contributed by atoms with Crippen LogP contribution >= 0.6 is 12.6 Å². The Balaban J connectivity index is 3.96. The van der Waals surface area contributed by atoms with Gasteiger partial charge in [0.25, 0.3) is 0 Å². The fourth-order valence-corrected chi connectivity index (χ4v) is 0.684. The topological polar surface area (TPSA) is 9.23 Å². The number of halogens is 1. The average Bonchev–Trinajstić information content (AvgIpc) is 1.87. The van der Waals surface area contributed by atoms with E-state index < -0.39 is 0 Å². The molecule has 0 aliphatic rings. The molecule has 0 atom stereocenters. The summed E-state index contributed by atoms with van der Waals surface area (Å²) in [5.41, 5.74) is 0.594. The SMILES string of the molecule is C=C(/C=C(F)\C=C/S)COC. The van der Waals surface area contributed by atoms with Gasteiger partial charge in [0.1, 0.15) is 5.83 Å². The molecule has 0 saturated heterocycles. The molecule has 11 heavy (non-hydrogen) atoms. The monoisotopic (exact) mass is 174 g/mol. The number of rotatable bonds is 4. The summed E-state index contributed by atoms with van der Waals surface area (Å²) < 4.78 is 17.3. The average molecular weight is 174 g/mol. The molecule has 0 aromatic carbocycles. The van der Waals surface area contributed by atoms with Gasteiger partial charge in [0.05, 0.1) is 6.61 Å².